The number of rotatable bonds is 2. The van der Waals surface area contributed by atoms with Crippen LogP contribution in [0.25, 0.3) is 0 Å². The smallest absolute Gasteiger partial charge is 0.0303 e. The molecular formula is C18H40. The van der Waals surface area contributed by atoms with Gasteiger partial charge in [0.15, 0.2) is 0 Å². The van der Waals surface area contributed by atoms with Crippen LogP contribution >= 0.6 is 0 Å². The van der Waals surface area contributed by atoms with Crippen molar-refractivity contribution in [3.63, 3.8) is 0 Å². The molecule has 0 N–H and O–H groups in total. The molecule has 1 rings (SSSR count). The Balaban J connectivity index is 0. The van der Waals surface area contributed by atoms with Crippen LogP contribution in [0.5, 0.6) is 0 Å². The van der Waals surface area contributed by atoms with Gasteiger partial charge in [-0.05, 0) is 36.0 Å². The van der Waals surface area contributed by atoms with Gasteiger partial charge in [0.25, 0.3) is 0 Å². The second-order valence-corrected chi connectivity index (χ2v) is 6.64. The Morgan fingerprint density at radius 1 is 0.944 bits per heavy atom. The highest BCUT2D eigenvalue weighted by Gasteiger charge is 2.34. The van der Waals surface area contributed by atoms with Crippen molar-refractivity contribution in [1.82, 2.24) is 0 Å². The van der Waals surface area contributed by atoms with E-state index in [1.807, 2.05) is 13.8 Å². The van der Waals surface area contributed by atoms with Crippen molar-refractivity contribution < 1.29 is 0 Å². The molecule has 0 heteroatoms. The van der Waals surface area contributed by atoms with Crippen LogP contribution in [0.15, 0.2) is 0 Å². The van der Waals surface area contributed by atoms with Crippen molar-refractivity contribution in [2.24, 2.45) is 23.2 Å². The van der Waals surface area contributed by atoms with Crippen LogP contribution in [0, 0.1) is 23.2 Å². The van der Waals surface area contributed by atoms with E-state index in [1.165, 1.54) is 32.1 Å². The molecule has 0 amide bonds. The topological polar surface area (TPSA) is 0 Å². The Labute approximate surface area is 118 Å². The summed E-state index contributed by atoms with van der Waals surface area (Å²) in [6.07, 6.45) is 7.10. The minimum absolute atomic E-state index is 0.556. The zero-order valence-corrected chi connectivity index (χ0v) is 14.8. The van der Waals surface area contributed by atoms with Gasteiger partial charge in [0, 0.05) is 0 Å². The zero-order chi connectivity index (χ0) is 14.8. The van der Waals surface area contributed by atoms with E-state index in [1.54, 1.807) is 0 Å². The molecule has 0 aromatic rings. The van der Waals surface area contributed by atoms with E-state index in [4.69, 9.17) is 0 Å². The molecule has 0 spiro atoms. The van der Waals surface area contributed by atoms with E-state index < -0.39 is 0 Å². The zero-order valence-electron chi connectivity index (χ0n) is 14.8. The summed E-state index contributed by atoms with van der Waals surface area (Å²) in [6.45, 7) is 20.3. The van der Waals surface area contributed by atoms with Crippen LogP contribution in [-0.4, -0.2) is 0 Å². The summed E-state index contributed by atoms with van der Waals surface area (Å²) in [4.78, 5) is 0. The lowest BCUT2D eigenvalue weighted by Gasteiger charge is -2.41. The van der Waals surface area contributed by atoms with Crippen molar-refractivity contribution in [1.29, 1.82) is 0 Å². The number of hydrogen-bond acceptors (Lipinski definition) is 0. The van der Waals surface area contributed by atoms with Crippen LogP contribution < -0.4 is 0 Å². The molecule has 0 atom stereocenters. The summed E-state index contributed by atoms with van der Waals surface area (Å²) in [7, 11) is 0. The maximum atomic E-state index is 2.46. The van der Waals surface area contributed by atoms with Gasteiger partial charge in [0.1, 0.15) is 0 Å². The largest absolute Gasteiger partial charge is 0.0683 e. The van der Waals surface area contributed by atoms with Gasteiger partial charge < -0.3 is 0 Å². The van der Waals surface area contributed by atoms with Crippen LogP contribution in [0.3, 0.4) is 0 Å². The van der Waals surface area contributed by atoms with Crippen molar-refractivity contribution in [3.8, 4) is 0 Å². The van der Waals surface area contributed by atoms with Crippen molar-refractivity contribution in [2.45, 2.75) is 94.4 Å². The Morgan fingerprint density at radius 3 is 1.56 bits per heavy atom. The molecule has 0 radical (unpaired) electrons. The number of hydrogen-bond donors (Lipinski definition) is 0. The Kier molecular flexibility index (Phi) is 12.3. The summed E-state index contributed by atoms with van der Waals surface area (Å²) >= 11 is 0. The first-order valence-electron chi connectivity index (χ1n) is 8.36. The highest BCUT2D eigenvalue weighted by molar-refractivity contribution is 4.84. The molecule has 1 aliphatic rings. The minimum Gasteiger partial charge on any atom is -0.0683 e. The first-order valence-corrected chi connectivity index (χ1v) is 8.36. The molecule has 0 aromatic carbocycles. The SMILES string of the molecule is CC.CC1CCC(C(C)(C)C(C)C)CC1.CCC. The molecule has 1 saturated carbocycles. The van der Waals surface area contributed by atoms with Crippen LogP contribution in [-0.2, 0) is 0 Å². The molecule has 0 heterocycles. The average molecular weight is 257 g/mol. The molecule has 0 aromatic heterocycles. The fourth-order valence-electron chi connectivity index (χ4n) is 2.48. The van der Waals surface area contributed by atoms with Crippen molar-refractivity contribution in [2.75, 3.05) is 0 Å². The van der Waals surface area contributed by atoms with Crippen LogP contribution in [0.4, 0.5) is 0 Å². The second-order valence-electron chi connectivity index (χ2n) is 6.64. The van der Waals surface area contributed by atoms with Gasteiger partial charge >= 0.3 is 0 Å². The van der Waals surface area contributed by atoms with E-state index in [0.717, 1.165) is 17.8 Å². The standard InChI is InChI=1S/C13H26.C3H8.C2H6/c1-10(2)13(4,5)12-8-6-11(3)7-9-12;1-3-2;1-2/h10-12H,6-9H2,1-5H3;3H2,1-2H3;1-2H3. The summed E-state index contributed by atoms with van der Waals surface area (Å²) < 4.78 is 0. The molecule has 0 aliphatic heterocycles. The fourth-order valence-corrected chi connectivity index (χ4v) is 2.48. The second kappa shape index (κ2) is 10.9. The van der Waals surface area contributed by atoms with Gasteiger partial charge in [0.05, 0.1) is 0 Å². The highest BCUT2D eigenvalue weighted by atomic mass is 14.4. The third-order valence-corrected chi connectivity index (χ3v) is 4.56. The van der Waals surface area contributed by atoms with Gasteiger partial charge in [-0.25, -0.2) is 0 Å². The molecule has 0 bridgehead atoms. The van der Waals surface area contributed by atoms with E-state index in [2.05, 4.69) is 48.5 Å². The lowest BCUT2D eigenvalue weighted by atomic mass is 9.64. The molecular weight excluding hydrogens is 216 g/mol. The Morgan fingerprint density at radius 2 is 1.28 bits per heavy atom. The highest BCUT2D eigenvalue weighted by Crippen LogP contribution is 2.44. The van der Waals surface area contributed by atoms with E-state index >= 15 is 0 Å². The van der Waals surface area contributed by atoms with Gasteiger partial charge in [-0.1, -0.05) is 81.6 Å². The maximum absolute atomic E-state index is 2.46. The monoisotopic (exact) mass is 256 g/mol. The Bertz CT molecular complexity index is 159. The third kappa shape index (κ3) is 7.44. The summed E-state index contributed by atoms with van der Waals surface area (Å²) in [5.74, 6) is 2.79. The molecule has 1 aliphatic carbocycles. The van der Waals surface area contributed by atoms with Crippen LogP contribution in [0.1, 0.15) is 94.4 Å². The molecule has 0 nitrogen and oxygen atoms in total. The fraction of sp³-hybridized carbons (Fsp3) is 1.00. The predicted molar refractivity (Wildman–Crippen MR) is 87.1 cm³/mol. The van der Waals surface area contributed by atoms with E-state index in [0.29, 0.717) is 5.41 Å². The van der Waals surface area contributed by atoms with E-state index in [-0.39, 0.29) is 0 Å². The van der Waals surface area contributed by atoms with Gasteiger partial charge in [-0.3, -0.25) is 0 Å². The van der Waals surface area contributed by atoms with Gasteiger partial charge in [-0.2, -0.15) is 0 Å². The molecule has 18 heavy (non-hydrogen) atoms. The molecule has 0 unspecified atom stereocenters. The van der Waals surface area contributed by atoms with E-state index in [9.17, 15) is 0 Å². The lowest BCUT2D eigenvalue weighted by Crippen LogP contribution is -2.32. The summed E-state index contributed by atoms with van der Waals surface area (Å²) in [5, 5.41) is 0. The van der Waals surface area contributed by atoms with Crippen LogP contribution in [0.2, 0.25) is 0 Å². The lowest BCUT2D eigenvalue weighted by molar-refractivity contribution is 0.0885. The minimum atomic E-state index is 0.556. The van der Waals surface area contributed by atoms with Crippen molar-refractivity contribution in [3.05, 3.63) is 0 Å². The normalized spacial score (nSPS) is 23.7. The molecule has 112 valence electrons. The quantitative estimate of drug-likeness (QED) is 0.502. The Hall–Kier alpha value is 0. The predicted octanol–water partition coefficient (Wildman–Crippen LogP) is 6.94. The van der Waals surface area contributed by atoms with Gasteiger partial charge in [-0.15, -0.1) is 0 Å². The molecule has 0 saturated heterocycles. The van der Waals surface area contributed by atoms with Gasteiger partial charge in [0.2, 0.25) is 0 Å². The first kappa shape index (κ1) is 20.3. The molecule has 1 fully saturated rings. The maximum Gasteiger partial charge on any atom is -0.0303 e. The first-order chi connectivity index (χ1) is 8.36. The van der Waals surface area contributed by atoms with Crippen molar-refractivity contribution >= 4 is 0 Å². The third-order valence-electron chi connectivity index (χ3n) is 4.56. The summed E-state index contributed by atoms with van der Waals surface area (Å²) in [6, 6.07) is 0. The average Bonchev–Trinajstić information content (AvgIpc) is 2.33. The summed E-state index contributed by atoms with van der Waals surface area (Å²) in [5.41, 5.74) is 0.556.